The highest BCUT2D eigenvalue weighted by atomic mass is 16.5. The molecular weight excluding hydrogens is 260 g/mol. The Morgan fingerprint density at radius 1 is 1.20 bits per heavy atom. The molecule has 0 atom stereocenters. The topological polar surface area (TPSA) is 80.6 Å². The van der Waals surface area contributed by atoms with Crippen LogP contribution in [0.3, 0.4) is 0 Å². The van der Waals surface area contributed by atoms with Gasteiger partial charge in [0.05, 0.1) is 12.9 Å². The number of anilines is 1. The third kappa shape index (κ3) is 3.61. The van der Waals surface area contributed by atoms with Gasteiger partial charge in [0.25, 0.3) is 5.91 Å². The van der Waals surface area contributed by atoms with E-state index < -0.39 is 11.9 Å². The van der Waals surface area contributed by atoms with E-state index in [1.165, 1.54) is 12.3 Å². The number of rotatable bonds is 4. The van der Waals surface area contributed by atoms with E-state index in [0.29, 0.717) is 18.0 Å². The molecule has 0 bridgehead atoms. The van der Waals surface area contributed by atoms with Crippen LogP contribution in [0.4, 0.5) is 10.5 Å². The molecule has 6 heteroatoms. The van der Waals surface area contributed by atoms with Gasteiger partial charge in [-0.3, -0.25) is 10.1 Å². The Balaban J connectivity index is 1.89. The molecule has 20 heavy (non-hydrogen) atoms. The van der Waals surface area contributed by atoms with Crippen LogP contribution in [0.25, 0.3) is 0 Å². The average Bonchev–Trinajstić information content (AvgIpc) is 2.95. The summed E-state index contributed by atoms with van der Waals surface area (Å²) < 4.78 is 10.2. The van der Waals surface area contributed by atoms with Crippen molar-refractivity contribution in [2.75, 3.05) is 11.9 Å². The van der Waals surface area contributed by atoms with Crippen LogP contribution in [0.5, 0.6) is 5.75 Å². The predicted octanol–water partition coefficient (Wildman–Crippen LogP) is 2.64. The summed E-state index contributed by atoms with van der Waals surface area (Å²) in [6, 6.07) is 9.24. The Hall–Kier alpha value is -2.76. The van der Waals surface area contributed by atoms with Crippen LogP contribution in [-0.4, -0.2) is 18.5 Å². The number of benzene rings is 1. The second-order valence-corrected chi connectivity index (χ2v) is 3.84. The number of ether oxygens (including phenoxy) is 1. The summed E-state index contributed by atoms with van der Waals surface area (Å²) in [6.45, 7) is 2.46. The standard InChI is InChI=1S/C14H14N2O4/c1-2-19-11-7-5-10(6-8-11)15-14(18)16-13(17)12-4-3-9-20-12/h3-9H,2H2,1H3,(H2,15,16,17,18). The lowest BCUT2D eigenvalue weighted by molar-refractivity contribution is 0.0940. The van der Waals surface area contributed by atoms with Crippen molar-refractivity contribution in [2.45, 2.75) is 6.92 Å². The van der Waals surface area contributed by atoms with Crippen molar-refractivity contribution in [1.29, 1.82) is 0 Å². The first-order valence-electron chi connectivity index (χ1n) is 6.07. The molecule has 0 aliphatic rings. The third-order valence-electron chi connectivity index (χ3n) is 2.40. The first-order valence-corrected chi connectivity index (χ1v) is 6.07. The monoisotopic (exact) mass is 274 g/mol. The van der Waals surface area contributed by atoms with Crippen molar-refractivity contribution in [3.05, 3.63) is 48.4 Å². The Morgan fingerprint density at radius 3 is 2.55 bits per heavy atom. The number of imide groups is 1. The van der Waals surface area contributed by atoms with Crippen molar-refractivity contribution in [3.8, 4) is 5.75 Å². The predicted molar refractivity (Wildman–Crippen MR) is 72.8 cm³/mol. The molecule has 1 aromatic heterocycles. The van der Waals surface area contributed by atoms with Crippen LogP contribution in [0.15, 0.2) is 47.1 Å². The van der Waals surface area contributed by atoms with Crippen LogP contribution in [0.2, 0.25) is 0 Å². The number of urea groups is 1. The second kappa shape index (κ2) is 6.42. The lowest BCUT2D eigenvalue weighted by Crippen LogP contribution is -2.34. The zero-order valence-corrected chi connectivity index (χ0v) is 10.9. The molecule has 2 N–H and O–H groups in total. The van der Waals surface area contributed by atoms with Gasteiger partial charge in [-0.1, -0.05) is 0 Å². The van der Waals surface area contributed by atoms with E-state index in [2.05, 4.69) is 10.6 Å². The lowest BCUT2D eigenvalue weighted by atomic mass is 10.3. The molecule has 104 valence electrons. The van der Waals surface area contributed by atoms with E-state index in [9.17, 15) is 9.59 Å². The van der Waals surface area contributed by atoms with Crippen molar-refractivity contribution in [3.63, 3.8) is 0 Å². The van der Waals surface area contributed by atoms with Gasteiger partial charge in [-0.15, -0.1) is 0 Å². The van der Waals surface area contributed by atoms with Gasteiger partial charge >= 0.3 is 6.03 Å². The van der Waals surface area contributed by atoms with Gasteiger partial charge in [-0.25, -0.2) is 4.79 Å². The SMILES string of the molecule is CCOc1ccc(NC(=O)NC(=O)c2ccco2)cc1. The van der Waals surface area contributed by atoms with Crippen LogP contribution in [-0.2, 0) is 0 Å². The number of furan rings is 1. The number of hydrogen-bond donors (Lipinski definition) is 2. The number of hydrogen-bond acceptors (Lipinski definition) is 4. The summed E-state index contributed by atoms with van der Waals surface area (Å²) in [5.74, 6) is 0.190. The van der Waals surface area contributed by atoms with Crippen LogP contribution in [0.1, 0.15) is 17.5 Å². The molecule has 0 aliphatic carbocycles. The lowest BCUT2D eigenvalue weighted by Gasteiger charge is -2.07. The molecular formula is C14H14N2O4. The fourth-order valence-electron chi connectivity index (χ4n) is 1.54. The normalized spacial score (nSPS) is 9.85. The van der Waals surface area contributed by atoms with Gasteiger partial charge in [0.2, 0.25) is 0 Å². The molecule has 0 radical (unpaired) electrons. The Kier molecular flexibility index (Phi) is 4.39. The minimum absolute atomic E-state index is 0.0758. The highest BCUT2D eigenvalue weighted by molar-refractivity contribution is 6.06. The molecule has 1 heterocycles. The number of nitrogens with one attached hydrogen (secondary N) is 2. The first-order chi connectivity index (χ1) is 9.69. The molecule has 0 saturated heterocycles. The second-order valence-electron chi connectivity index (χ2n) is 3.84. The molecule has 2 rings (SSSR count). The van der Waals surface area contributed by atoms with Gasteiger partial charge in [0.15, 0.2) is 5.76 Å². The highest BCUT2D eigenvalue weighted by Crippen LogP contribution is 2.15. The molecule has 3 amide bonds. The van der Waals surface area contributed by atoms with Crippen molar-refractivity contribution >= 4 is 17.6 Å². The quantitative estimate of drug-likeness (QED) is 0.898. The zero-order chi connectivity index (χ0) is 14.4. The van der Waals surface area contributed by atoms with Gasteiger partial charge in [-0.05, 0) is 43.3 Å². The van der Waals surface area contributed by atoms with Gasteiger partial charge in [-0.2, -0.15) is 0 Å². The maximum Gasteiger partial charge on any atom is 0.326 e. The van der Waals surface area contributed by atoms with E-state index in [4.69, 9.17) is 9.15 Å². The number of carbonyl (C=O) groups excluding carboxylic acids is 2. The zero-order valence-electron chi connectivity index (χ0n) is 10.9. The average molecular weight is 274 g/mol. The number of carbonyl (C=O) groups is 2. The molecule has 6 nitrogen and oxygen atoms in total. The van der Waals surface area contributed by atoms with Crippen LogP contribution >= 0.6 is 0 Å². The fraction of sp³-hybridized carbons (Fsp3) is 0.143. The van der Waals surface area contributed by atoms with E-state index >= 15 is 0 Å². The van der Waals surface area contributed by atoms with Crippen LogP contribution < -0.4 is 15.4 Å². The smallest absolute Gasteiger partial charge is 0.326 e. The van der Waals surface area contributed by atoms with E-state index in [1.54, 1.807) is 30.3 Å². The van der Waals surface area contributed by atoms with E-state index in [-0.39, 0.29) is 5.76 Å². The first kappa shape index (κ1) is 13.7. The van der Waals surface area contributed by atoms with Crippen LogP contribution in [0, 0.1) is 0 Å². The van der Waals surface area contributed by atoms with Crippen molar-refractivity contribution in [2.24, 2.45) is 0 Å². The summed E-state index contributed by atoms with van der Waals surface area (Å²) in [7, 11) is 0. The summed E-state index contributed by atoms with van der Waals surface area (Å²) in [6.07, 6.45) is 1.36. The third-order valence-corrected chi connectivity index (χ3v) is 2.40. The molecule has 1 aromatic carbocycles. The van der Waals surface area contributed by atoms with E-state index in [1.807, 2.05) is 6.92 Å². The largest absolute Gasteiger partial charge is 0.494 e. The molecule has 0 fully saturated rings. The minimum atomic E-state index is -0.629. The molecule has 0 unspecified atom stereocenters. The van der Waals surface area contributed by atoms with Crippen molar-refractivity contribution < 1.29 is 18.7 Å². The van der Waals surface area contributed by atoms with Gasteiger partial charge in [0, 0.05) is 5.69 Å². The number of amides is 3. The Bertz CT molecular complexity index is 576. The van der Waals surface area contributed by atoms with Gasteiger partial charge in [0.1, 0.15) is 5.75 Å². The molecule has 0 saturated carbocycles. The summed E-state index contributed by atoms with van der Waals surface area (Å²) in [5.41, 5.74) is 0.554. The highest BCUT2D eigenvalue weighted by Gasteiger charge is 2.12. The minimum Gasteiger partial charge on any atom is -0.494 e. The summed E-state index contributed by atoms with van der Waals surface area (Å²) >= 11 is 0. The maximum atomic E-state index is 11.6. The maximum absolute atomic E-state index is 11.6. The molecule has 0 spiro atoms. The molecule has 2 aromatic rings. The Morgan fingerprint density at radius 2 is 1.95 bits per heavy atom. The summed E-state index contributed by atoms with van der Waals surface area (Å²) in [4.78, 5) is 23.2. The fourth-order valence-corrected chi connectivity index (χ4v) is 1.54. The van der Waals surface area contributed by atoms with Crippen molar-refractivity contribution in [1.82, 2.24) is 5.32 Å². The molecule has 0 aliphatic heterocycles. The van der Waals surface area contributed by atoms with Gasteiger partial charge < -0.3 is 14.5 Å². The summed E-state index contributed by atoms with van der Waals surface area (Å²) in [5, 5.41) is 4.69. The van der Waals surface area contributed by atoms with E-state index in [0.717, 1.165) is 0 Å². The Labute approximate surface area is 115 Å².